The highest BCUT2D eigenvalue weighted by Crippen LogP contribution is 2.24. The van der Waals surface area contributed by atoms with Gasteiger partial charge in [-0.2, -0.15) is 0 Å². The summed E-state index contributed by atoms with van der Waals surface area (Å²) in [5, 5.41) is 0. The third-order valence-electron chi connectivity index (χ3n) is 3.13. The van der Waals surface area contributed by atoms with E-state index in [1.807, 2.05) is 41.5 Å². The standard InChI is InChI=1S/C12H20N2O4.C2H6/c1-8-9-7-13(10(15)18-12(2,3)4)5-6-14(9)11(16)17-8;1-2/h8-9H,5-7H2,1-4H3;1-2H3. The van der Waals surface area contributed by atoms with Crippen molar-refractivity contribution in [3.8, 4) is 0 Å². The lowest BCUT2D eigenvalue weighted by Gasteiger charge is -2.37. The van der Waals surface area contributed by atoms with Gasteiger partial charge in [-0.05, 0) is 27.7 Å². The van der Waals surface area contributed by atoms with Gasteiger partial charge in [0.15, 0.2) is 0 Å². The van der Waals surface area contributed by atoms with Gasteiger partial charge in [-0.15, -0.1) is 0 Å². The van der Waals surface area contributed by atoms with Crippen LogP contribution in [0, 0.1) is 0 Å². The first-order chi connectivity index (χ1) is 9.28. The summed E-state index contributed by atoms with van der Waals surface area (Å²) < 4.78 is 10.5. The molecule has 0 aromatic carbocycles. The molecular weight excluding hydrogens is 260 g/mol. The molecule has 116 valence electrons. The van der Waals surface area contributed by atoms with Gasteiger partial charge >= 0.3 is 12.2 Å². The topological polar surface area (TPSA) is 59.1 Å². The molecule has 0 aromatic heterocycles. The normalized spacial score (nSPS) is 25.4. The van der Waals surface area contributed by atoms with Gasteiger partial charge in [0.25, 0.3) is 0 Å². The van der Waals surface area contributed by atoms with Gasteiger partial charge in [0.1, 0.15) is 11.7 Å². The van der Waals surface area contributed by atoms with E-state index in [1.54, 1.807) is 9.80 Å². The fraction of sp³-hybridized carbons (Fsp3) is 0.857. The number of ether oxygens (including phenoxy) is 2. The van der Waals surface area contributed by atoms with Crippen LogP contribution in [-0.4, -0.2) is 59.4 Å². The molecule has 2 aliphatic heterocycles. The zero-order chi connectivity index (χ0) is 15.5. The number of fused-ring (bicyclic) bond motifs is 1. The molecule has 2 saturated heterocycles. The molecule has 2 heterocycles. The number of carbonyl (C=O) groups excluding carboxylic acids is 2. The Labute approximate surface area is 121 Å². The van der Waals surface area contributed by atoms with Crippen LogP contribution in [0.2, 0.25) is 0 Å². The lowest BCUT2D eigenvalue weighted by Crippen LogP contribution is -2.55. The first-order valence-electron chi connectivity index (χ1n) is 7.23. The van der Waals surface area contributed by atoms with Crippen molar-refractivity contribution >= 4 is 12.2 Å². The average Bonchev–Trinajstić information content (AvgIpc) is 2.65. The molecule has 6 heteroatoms. The zero-order valence-corrected chi connectivity index (χ0v) is 13.3. The number of piperazine rings is 1. The van der Waals surface area contributed by atoms with Crippen molar-refractivity contribution in [2.45, 2.75) is 59.3 Å². The van der Waals surface area contributed by atoms with Crippen LogP contribution in [0.1, 0.15) is 41.5 Å². The van der Waals surface area contributed by atoms with Crippen LogP contribution < -0.4 is 0 Å². The molecule has 2 unspecified atom stereocenters. The predicted molar refractivity (Wildman–Crippen MR) is 75.6 cm³/mol. The largest absolute Gasteiger partial charge is 0.444 e. The van der Waals surface area contributed by atoms with Crippen molar-refractivity contribution < 1.29 is 19.1 Å². The van der Waals surface area contributed by atoms with Crippen LogP contribution in [0.25, 0.3) is 0 Å². The molecule has 0 radical (unpaired) electrons. The Hall–Kier alpha value is -1.46. The minimum Gasteiger partial charge on any atom is -0.444 e. The molecule has 0 saturated carbocycles. The Morgan fingerprint density at radius 2 is 1.90 bits per heavy atom. The van der Waals surface area contributed by atoms with Crippen LogP contribution in [0.15, 0.2) is 0 Å². The molecule has 0 spiro atoms. The van der Waals surface area contributed by atoms with Gasteiger partial charge < -0.3 is 14.4 Å². The smallest absolute Gasteiger partial charge is 0.410 e. The molecule has 2 aliphatic rings. The highest BCUT2D eigenvalue weighted by atomic mass is 16.6. The maximum atomic E-state index is 11.9. The molecule has 20 heavy (non-hydrogen) atoms. The minimum absolute atomic E-state index is 0.0567. The van der Waals surface area contributed by atoms with Crippen LogP contribution in [0.3, 0.4) is 0 Å². The van der Waals surface area contributed by atoms with Crippen molar-refractivity contribution in [2.24, 2.45) is 0 Å². The van der Waals surface area contributed by atoms with Crippen LogP contribution in [0.4, 0.5) is 9.59 Å². The first kappa shape index (κ1) is 16.6. The lowest BCUT2D eigenvalue weighted by atomic mass is 10.1. The fourth-order valence-electron chi connectivity index (χ4n) is 2.24. The zero-order valence-electron chi connectivity index (χ0n) is 13.3. The number of carbonyl (C=O) groups is 2. The molecular formula is C14H26N2O4. The number of hydrogen-bond donors (Lipinski definition) is 0. The number of nitrogens with zero attached hydrogens (tertiary/aromatic N) is 2. The van der Waals surface area contributed by atoms with Crippen LogP contribution in [0.5, 0.6) is 0 Å². The molecule has 2 rings (SSSR count). The third kappa shape index (κ3) is 3.77. The van der Waals surface area contributed by atoms with E-state index < -0.39 is 5.60 Å². The van der Waals surface area contributed by atoms with Gasteiger partial charge in [0.05, 0.1) is 6.04 Å². The molecule has 0 N–H and O–H groups in total. The maximum Gasteiger partial charge on any atom is 0.410 e. The number of amides is 2. The van der Waals surface area contributed by atoms with Gasteiger partial charge in [0.2, 0.25) is 0 Å². The highest BCUT2D eigenvalue weighted by molar-refractivity contribution is 5.73. The van der Waals surface area contributed by atoms with Crippen molar-refractivity contribution in [3.63, 3.8) is 0 Å². The summed E-state index contributed by atoms with van der Waals surface area (Å²) in [5.41, 5.74) is -0.498. The van der Waals surface area contributed by atoms with Crippen molar-refractivity contribution in [3.05, 3.63) is 0 Å². The summed E-state index contributed by atoms with van der Waals surface area (Å²) in [6, 6.07) is -0.0567. The van der Waals surface area contributed by atoms with Crippen molar-refractivity contribution in [1.82, 2.24) is 9.80 Å². The van der Waals surface area contributed by atoms with E-state index in [4.69, 9.17) is 9.47 Å². The number of rotatable bonds is 0. The van der Waals surface area contributed by atoms with Crippen molar-refractivity contribution in [2.75, 3.05) is 19.6 Å². The molecule has 2 atom stereocenters. The molecule has 0 aromatic rings. The van der Waals surface area contributed by atoms with E-state index in [2.05, 4.69) is 0 Å². The Bertz CT molecular complexity index is 365. The summed E-state index contributed by atoms with van der Waals surface area (Å²) >= 11 is 0. The van der Waals surface area contributed by atoms with E-state index in [-0.39, 0.29) is 24.3 Å². The first-order valence-corrected chi connectivity index (χ1v) is 7.23. The summed E-state index contributed by atoms with van der Waals surface area (Å²) in [5.74, 6) is 0. The van der Waals surface area contributed by atoms with Crippen molar-refractivity contribution in [1.29, 1.82) is 0 Å². The minimum atomic E-state index is -0.498. The van der Waals surface area contributed by atoms with Gasteiger partial charge in [-0.1, -0.05) is 13.8 Å². The van der Waals surface area contributed by atoms with Crippen LogP contribution >= 0.6 is 0 Å². The molecule has 6 nitrogen and oxygen atoms in total. The van der Waals surface area contributed by atoms with E-state index in [0.29, 0.717) is 19.6 Å². The van der Waals surface area contributed by atoms with Crippen LogP contribution in [-0.2, 0) is 9.47 Å². The summed E-state index contributed by atoms with van der Waals surface area (Å²) in [6.07, 6.45) is -0.784. The van der Waals surface area contributed by atoms with Gasteiger partial charge in [-0.3, -0.25) is 4.90 Å². The Balaban J connectivity index is 0.000000956. The number of cyclic esters (lactones) is 1. The van der Waals surface area contributed by atoms with E-state index in [0.717, 1.165) is 0 Å². The van der Waals surface area contributed by atoms with E-state index in [1.165, 1.54) is 0 Å². The summed E-state index contributed by atoms with van der Waals surface area (Å²) in [7, 11) is 0. The summed E-state index contributed by atoms with van der Waals surface area (Å²) in [4.78, 5) is 26.8. The second-order valence-electron chi connectivity index (χ2n) is 5.78. The van der Waals surface area contributed by atoms with Gasteiger partial charge in [-0.25, -0.2) is 9.59 Å². The SMILES string of the molecule is CC.CC1OC(=O)N2CCN(C(=O)OC(C)(C)C)CC12. The fourth-order valence-corrected chi connectivity index (χ4v) is 2.24. The monoisotopic (exact) mass is 286 g/mol. The second kappa shape index (κ2) is 6.33. The van der Waals surface area contributed by atoms with Gasteiger partial charge in [0, 0.05) is 19.6 Å². The quantitative estimate of drug-likeness (QED) is 0.686. The van der Waals surface area contributed by atoms with E-state index in [9.17, 15) is 9.59 Å². The Morgan fingerprint density at radius 3 is 2.45 bits per heavy atom. The number of hydrogen-bond acceptors (Lipinski definition) is 4. The van der Waals surface area contributed by atoms with E-state index >= 15 is 0 Å². The average molecular weight is 286 g/mol. The second-order valence-corrected chi connectivity index (χ2v) is 5.78. The maximum absolute atomic E-state index is 11.9. The Kier molecular flexibility index (Phi) is 5.25. The molecule has 2 amide bonds. The summed E-state index contributed by atoms with van der Waals surface area (Å²) in [6.45, 7) is 12.8. The molecule has 0 aliphatic carbocycles. The highest BCUT2D eigenvalue weighted by Gasteiger charge is 2.44. The lowest BCUT2D eigenvalue weighted by molar-refractivity contribution is 0.0106. The predicted octanol–water partition coefficient (Wildman–Crippen LogP) is 2.47. The third-order valence-corrected chi connectivity index (χ3v) is 3.13. The molecule has 2 fully saturated rings. The Morgan fingerprint density at radius 1 is 1.30 bits per heavy atom. The molecule has 0 bridgehead atoms.